The van der Waals surface area contributed by atoms with Crippen LogP contribution in [0.15, 0.2) is 0 Å². The number of ketones is 12. The van der Waals surface area contributed by atoms with Crippen molar-refractivity contribution in [2.45, 2.75) is 154 Å². The molecule has 0 aliphatic heterocycles. The number of amides is 8. The van der Waals surface area contributed by atoms with Crippen molar-refractivity contribution >= 4 is 141 Å². The normalized spacial score (nSPS) is 10.7. The van der Waals surface area contributed by atoms with Crippen LogP contribution >= 0.6 is 0 Å². The van der Waals surface area contributed by atoms with Crippen LogP contribution in [0.2, 0.25) is 0 Å². The van der Waals surface area contributed by atoms with Gasteiger partial charge in [-0.1, -0.05) is 0 Å². The number of Topliss-reactive ketones (excluding diaryl/α,β-unsaturated/α-hetero) is 12. The Morgan fingerprint density at radius 3 is 0.569 bits per heavy atom. The molecule has 0 atom stereocenters. The molecule has 0 unspecified atom stereocenters. The van der Waals surface area contributed by atoms with Gasteiger partial charge >= 0.3 is 23.9 Å². The minimum absolute atomic E-state index is 0.247. The molecule has 8 amide bonds. The van der Waals surface area contributed by atoms with Crippen LogP contribution in [-0.4, -0.2) is 293 Å². The summed E-state index contributed by atoms with van der Waals surface area (Å²) in [6.07, 6.45) is -9.50. The summed E-state index contributed by atoms with van der Waals surface area (Å²) >= 11 is 0. The Hall–Kier alpha value is -10.5. The number of ether oxygens (including phenoxy) is 4. The number of nitrogens with one attached hydrogen (secondary N) is 4. The summed E-state index contributed by atoms with van der Waals surface area (Å²) in [6, 6.07) is 0. The van der Waals surface area contributed by atoms with Crippen molar-refractivity contribution in [2.75, 3.05) is 133 Å². The molecule has 0 aliphatic carbocycles. The largest absolute Gasteiger partial charge is 0.468 e. The predicted molar refractivity (Wildman–Crippen MR) is 376 cm³/mol. The van der Waals surface area contributed by atoms with Gasteiger partial charge in [0.05, 0.1) is 107 Å². The van der Waals surface area contributed by atoms with Gasteiger partial charge in [0.25, 0.3) is 0 Å². The Morgan fingerprint density at radius 1 is 0.229 bits per heavy atom. The molecule has 0 aliphatic rings. The van der Waals surface area contributed by atoms with Gasteiger partial charge in [0.2, 0.25) is 47.3 Å². The average Bonchev–Trinajstić information content (AvgIpc) is 0.848. The molecule has 0 saturated carbocycles. The molecule has 40 nitrogen and oxygen atoms in total. The van der Waals surface area contributed by atoms with Crippen LogP contribution in [0, 0.1) is 5.41 Å². The Kier molecular flexibility index (Phi) is 50.5. The third kappa shape index (κ3) is 47.0. The first-order valence-electron chi connectivity index (χ1n) is 35.0. The van der Waals surface area contributed by atoms with E-state index in [0.29, 0.717) is 0 Å². The molecule has 12 N–H and O–H groups in total. The molecule has 0 fully saturated rings. The number of esters is 4. The van der Waals surface area contributed by atoms with Crippen LogP contribution in [0.4, 0.5) is 0 Å². The summed E-state index contributed by atoms with van der Waals surface area (Å²) in [7, 11) is 4.15. The van der Waals surface area contributed by atoms with Gasteiger partial charge in [0.1, 0.15) is 49.3 Å². The summed E-state index contributed by atoms with van der Waals surface area (Å²) in [4.78, 5) is 309. The number of carbonyl (C=O) groups excluding carboxylic acids is 24. The lowest BCUT2D eigenvalue weighted by atomic mass is 9.70. The van der Waals surface area contributed by atoms with Crippen LogP contribution in [-0.2, 0) is 134 Å². The first-order chi connectivity index (χ1) is 51.5. The van der Waals surface area contributed by atoms with E-state index in [1.54, 1.807) is 0 Å². The van der Waals surface area contributed by atoms with Crippen LogP contribution < -0.4 is 44.2 Å². The molecule has 109 heavy (non-hydrogen) atoms. The molecule has 0 saturated heterocycles. The maximum Gasteiger partial charge on any atom is 0.325 e. The number of nitrogens with two attached hydrogens (primary N) is 4. The highest BCUT2D eigenvalue weighted by molar-refractivity contribution is 5.97. The van der Waals surface area contributed by atoms with Crippen molar-refractivity contribution in [3.05, 3.63) is 0 Å². The minimum Gasteiger partial charge on any atom is -0.468 e. The molecule has 0 aromatic carbocycles. The molecule has 0 spiro atoms. The van der Waals surface area contributed by atoms with E-state index in [1.807, 2.05) is 0 Å². The van der Waals surface area contributed by atoms with Gasteiger partial charge < -0.3 is 82.7 Å². The van der Waals surface area contributed by atoms with Crippen molar-refractivity contribution in [2.24, 2.45) is 28.3 Å². The average molecular weight is 1550 g/mol. The number of hydrogen-bond donors (Lipinski definition) is 8. The van der Waals surface area contributed by atoms with E-state index in [4.69, 9.17) is 22.9 Å². The second kappa shape index (κ2) is 55.9. The van der Waals surface area contributed by atoms with Gasteiger partial charge in [-0.3, -0.25) is 115 Å². The van der Waals surface area contributed by atoms with Gasteiger partial charge in [-0.15, -0.1) is 0 Å². The molecular weight excluding hydrogens is 1440 g/mol. The summed E-state index contributed by atoms with van der Waals surface area (Å²) < 4.78 is 18.4. The number of hydrogen-bond acceptors (Lipinski definition) is 32. The van der Waals surface area contributed by atoms with Gasteiger partial charge in [0.15, 0.2) is 46.3 Å². The highest BCUT2D eigenvalue weighted by Gasteiger charge is 2.34. The highest BCUT2D eigenvalue weighted by Crippen LogP contribution is 2.40. The zero-order valence-corrected chi connectivity index (χ0v) is 62.3. The lowest BCUT2D eigenvalue weighted by molar-refractivity contribution is -0.148. The molecule has 0 aromatic heterocycles. The fourth-order valence-corrected chi connectivity index (χ4v) is 9.88. The molecule has 0 aromatic rings. The van der Waals surface area contributed by atoms with Gasteiger partial charge in [-0.2, -0.15) is 0 Å². The van der Waals surface area contributed by atoms with Crippen molar-refractivity contribution < 1.29 is 134 Å². The van der Waals surface area contributed by atoms with Crippen LogP contribution in [0.1, 0.15) is 154 Å². The zero-order chi connectivity index (χ0) is 82.6. The Labute approximate surface area is 628 Å². The molecule has 608 valence electrons. The maximum atomic E-state index is 13.8. The lowest BCUT2D eigenvalue weighted by Gasteiger charge is -2.34. The van der Waals surface area contributed by atoms with E-state index in [1.165, 1.54) is 0 Å². The van der Waals surface area contributed by atoms with Crippen LogP contribution in [0.25, 0.3) is 0 Å². The summed E-state index contributed by atoms with van der Waals surface area (Å²) in [5.74, 6) is -17.2. The van der Waals surface area contributed by atoms with Crippen molar-refractivity contribution in [1.29, 1.82) is 0 Å². The zero-order valence-electron chi connectivity index (χ0n) is 62.3. The first kappa shape index (κ1) is 98.5. The topological polar surface area (TPSA) is 612 Å². The van der Waals surface area contributed by atoms with Gasteiger partial charge in [0, 0.05) is 128 Å². The van der Waals surface area contributed by atoms with Gasteiger partial charge in [-0.05, 0) is 31.1 Å². The van der Waals surface area contributed by atoms with E-state index in [0.717, 1.165) is 48.0 Å². The second-order valence-electron chi connectivity index (χ2n) is 25.2. The molecule has 0 heterocycles. The molecular formula is C69H104N12O28. The third-order valence-corrected chi connectivity index (χ3v) is 16.6. The Bertz CT molecular complexity index is 2860. The fraction of sp³-hybridized carbons (Fsp3) is 0.652. The summed E-state index contributed by atoms with van der Waals surface area (Å²) in [5, 5.41) is 9.50. The second-order valence-corrected chi connectivity index (χ2v) is 25.2. The summed E-state index contributed by atoms with van der Waals surface area (Å²) in [5.41, 5.74) is 19.9. The smallest absolute Gasteiger partial charge is 0.325 e. The standard InChI is InChI=1S/C69H104N12O28/c1-106-65(102)41-78(61(98)17-9-45(82)29-70)37-53(90)5-13-57(94)74-33-49(86)21-25-69(26-22-50(87)34-75-58(95)14-6-54(91)38-79(42-66(103)107-2)62(99)18-10-46(83)30-71,27-23-51(88)35-76-59(96)15-7-55(92)39-80(43-67(104)108-3)63(100)19-11-47(84)31-72)28-24-52(89)36-77-60(97)16-8-56(93)40-81(44-68(105)109-4)64(101)20-12-48(85)32-73/h5-44,70-73H2,1-4H3,(H,74,94)(H,75,95)(H,76,96)(H,77,97). The quantitative estimate of drug-likeness (QED) is 0.0208. The fourth-order valence-electron chi connectivity index (χ4n) is 9.88. The molecule has 0 bridgehead atoms. The van der Waals surface area contributed by atoms with E-state index in [9.17, 15) is 115 Å². The number of nitrogens with zero attached hydrogens (tertiary/aromatic N) is 4. The predicted octanol–water partition coefficient (Wildman–Crippen LogP) is -5.53. The SMILES string of the molecule is COC(=O)CN(CC(=O)CCC(=O)NCC(=O)CCC(CCC(=O)CNC(=O)CCC(=O)CN(CC(=O)OC)C(=O)CCC(=O)CN)(CCC(=O)CNC(=O)CCC(=O)CN(CC(=O)OC)C(=O)CCC(=O)CN)CCC(=O)CNC(=O)CCC(=O)CN(CC(=O)OC)C(=O)CCC(=O)CN)C(=O)CCC(=O)CN. The van der Waals surface area contributed by atoms with Crippen LogP contribution in [0.5, 0.6) is 0 Å². The van der Waals surface area contributed by atoms with Crippen molar-refractivity contribution in [3.8, 4) is 0 Å². The molecule has 40 heteroatoms. The Morgan fingerprint density at radius 2 is 0.404 bits per heavy atom. The van der Waals surface area contributed by atoms with Gasteiger partial charge in [-0.25, -0.2) is 0 Å². The van der Waals surface area contributed by atoms with Crippen molar-refractivity contribution in [3.63, 3.8) is 0 Å². The highest BCUT2D eigenvalue weighted by atomic mass is 16.5. The van der Waals surface area contributed by atoms with E-state index >= 15 is 0 Å². The van der Waals surface area contributed by atoms with E-state index in [2.05, 4.69) is 40.2 Å². The number of carbonyl (C=O) groups is 24. The Balaban J connectivity index is 7.05. The third-order valence-electron chi connectivity index (χ3n) is 16.6. The van der Waals surface area contributed by atoms with Crippen molar-refractivity contribution in [1.82, 2.24) is 40.9 Å². The summed E-state index contributed by atoms with van der Waals surface area (Å²) in [6.45, 7) is -9.40. The minimum atomic E-state index is -1.40. The number of rotatable bonds is 64. The van der Waals surface area contributed by atoms with Crippen LogP contribution in [0.3, 0.4) is 0 Å². The van der Waals surface area contributed by atoms with E-state index < -0.39 is 302 Å². The lowest BCUT2D eigenvalue weighted by Crippen LogP contribution is -2.40. The number of methoxy groups -OCH3 is 4. The molecule has 0 rings (SSSR count). The molecule has 0 radical (unpaired) electrons. The monoisotopic (exact) mass is 1550 g/mol. The first-order valence-corrected chi connectivity index (χ1v) is 35.0. The maximum absolute atomic E-state index is 13.8. The van der Waals surface area contributed by atoms with E-state index in [-0.39, 0.29) is 103 Å².